The van der Waals surface area contributed by atoms with Crippen molar-refractivity contribution in [1.29, 1.82) is 0 Å². The fraction of sp³-hybridized carbons (Fsp3) is 0.111. The molecular weight excluding hydrogens is 248 g/mol. The van der Waals surface area contributed by atoms with Crippen molar-refractivity contribution in [2.24, 2.45) is 0 Å². The first-order chi connectivity index (χ1) is 7.80. The van der Waals surface area contributed by atoms with Gasteiger partial charge in [0.2, 0.25) is 0 Å². The minimum absolute atomic E-state index is 0.132. The van der Waals surface area contributed by atoms with Crippen molar-refractivity contribution in [3.8, 4) is 0 Å². The number of carbonyl (C=O) groups excluding carboxylic acids is 1. The van der Waals surface area contributed by atoms with Gasteiger partial charge in [-0.1, -0.05) is 0 Å². The summed E-state index contributed by atoms with van der Waals surface area (Å²) in [7, 11) is -3.27. The molecule has 0 heterocycles. The number of carbonyl (C=O) groups is 2. The molecule has 0 radical (unpaired) electrons. The van der Waals surface area contributed by atoms with Gasteiger partial charge in [-0.2, -0.15) is 0 Å². The van der Waals surface area contributed by atoms with Crippen molar-refractivity contribution in [1.82, 2.24) is 5.43 Å². The van der Waals surface area contributed by atoms with Crippen molar-refractivity contribution >= 4 is 27.4 Å². The standard InChI is InChI=1S/C9H10N2O5S/c1-17(15,16)7-4-2-6(3-5-7)10-11-8(12)9(13)14/h2-5,10H,1H3,(H,11,12)(H,13,14). The third-order valence-corrected chi connectivity index (χ3v) is 2.93. The number of sulfone groups is 1. The first kappa shape index (κ1) is 13.0. The molecule has 17 heavy (non-hydrogen) atoms. The molecular formula is C9H10N2O5S. The van der Waals surface area contributed by atoms with E-state index in [4.69, 9.17) is 5.11 Å². The lowest BCUT2D eigenvalue weighted by Crippen LogP contribution is -2.35. The first-order valence-corrected chi connectivity index (χ1v) is 6.29. The third-order valence-electron chi connectivity index (χ3n) is 1.80. The summed E-state index contributed by atoms with van der Waals surface area (Å²) in [5, 5.41) is 8.28. The molecule has 7 nitrogen and oxygen atoms in total. The summed E-state index contributed by atoms with van der Waals surface area (Å²) < 4.78 is 22.3. The maximum atomic E-state index is 11.1. The minimum Gasteiger partial charge on any atom is -0.474 e. The Hall–Kier alpha value is -2.09. The molecule has 0 atom stereocenters. The summed E-state index contributed by atoms with van der Waals surface area (Å²) in [6.45, 7) is 0. The van der Waals surface area contributed by atoms with E-state index >= 15 is 0 Å². The van der Waals surface area contributed by atoms with E-state index in [1.165, 1.54) is 24.3 Å². The van der Waals surface area contributed by atoms with Gasteiger partial charge in [0.1, 0.15) is 0 Å². The van der Waals surface area contributed by atoms with Crippen LogP contribution in [0.15, 0.2) is 29.2 Å². The van der Waals surface area contributed by atoms with Crippen LogP contribution in [0.4, 0.5) is 5.69 Å². The number of benzene rings is 1. The summed E-state index contributed by atoms with van der Waals surface area (Å²) in [4.78, 5) is 21.0. The Bertz CT molecular complexity index is 535. The number of nitrogens with one attached hydrogen (secondary N) is 2. The molecule has 8 heteroatoms. The second-order valence-electron chi connectivity index (χ2n) is 3.18. The Morgan fingerprint density at radius 2 is 1.71 bits per heavy atom. The van der Waals surface area contributed by atoms with Crippen molar-refractivity contribution < 1.29 is 23.1 Å². The lowest BCUT2D eigenvalue weighted by Gasteiger charge is -2.06. The molecule has 0 aliphatic carbocycles. The number of carboxylic acid groups (broad SMARTS) is 1. The molecule has 0 fully saturated rings. The van der Waals surface area contributed by atoms with E-state index in [0.717, 1.165) is 6.26 Å². The molecule has 1 rings (SSSR count). The summed E-state index contributed by atoms with van der Waals surface area (Å²) in [5.41, 5.74) is 4.62. The van der Waals surface area contributed by atoms with Crippen molar-refractivity contribution in [3.63, 3.8) is 0 Å². The number of rotatable bonds is 3. The number of carboxylic acids is 1. The van der Waals surface area contributed by atoms with Crippen LogP contribution in [0, 0.1) is 0 Å². The van der Waals surface area contributed by atoms with Crippen LogP contribution < -0.4 is 10.9 Å². The highest BCUT2D eigenvalue weighted by Gasteiger charge is 2.10. The Labute approximate surface area is 97.3 Å². The van der Waals surface area contributed by atoms with Gasteiger partial charge in [-0.3, -0.25) is 15.6 Å². The van der Waals surface area contributed by atoms with Gasteiger partial charge in [0.25, 0.3) is 0 Å². The summed E-state index contributed by atoms with van der Waals surface area (Å²) in [5.74, 6) is -2.83. The number of hydrogen-bond acceptors (Lipinski definition) is 5. The molecule has 92 valence electrons. The normalized spacial score (nSPS) is 10.6. The van der Waals surface area contributed by atoms with E-state index < -0.39 is 21.7 Å². The summed E-state index contributed by atoms with van der Waals surface area (Å²) in [6, 6.07) is 5.48. The zero-order valence-electron chi connectivity index (χ0n) is 8.80. The zero-order chi connectivity index (χ0) is 13.1. The smallest absolute Gasteiger partial charge is 0.396 e. The average Bonchev–Trinajstić information content (AvgIpc) is 2.25. The van der Waals surface area contributed by atoms with Gasteiger partial charge in [0.05, 0.1) is 10.6 Å². The molecule has 0 unspecified atom stereocenters. The van der Waals surface area contributed by atoms with Gasteiger partial charge in [-0.15, -0.1) is 0 Å². The van der Waals surface area contributed by atoms with Crippen LogP contribution in [0.3, 0.4) is 0 Å². The SMILES string of the molecule is CS(=O)(=O)c1ccc(NNC(=O)C(=O)O)cc1. The molecule has 0 aromatic heterocycles. The Kier molecular flexibility index (Phi) is 3.69. The molecule has 0 bridgehead atoms. The average molecular weight is 258 g/mol. The zero-order valence-corrected chi connectivity index (χ0v) is 9.61. The van der Waals surface area contributed by atoms with Crippen LogP contribution in [0.25, 0.3) is 0 Å². The predicted molar refractivity (Wildman–Crippen MR) is 59.0 cm³/mol. The van der Waals surface area contributed by atoms with Crippen LogP contribution in [-0.4, -0.2) is 31.7 Å². The van der Waals surface area contributed by atoms with Crippen LogP contribution in [0.1, 0.15) is 0 Å². The van der Waals surface area contributed by atoms with E-state index in [-0.39, 0.29) is 4.90 Å². The van der Waals surface area contributed by atoms with Crippen molar-refractivity contribution in [2.45, 2.75) is 4.90 Å². The number of hydrazine groups is 1. The van der Waals surface area contributed by atoms with Crippen LogP contribution in [-0.2, 0) is 19.4 Å². The van der Waals surface area contributed by atoms with Gasteiger partial charge in [0, 0.05) is 6.26 Å². The topological polar surface area (TPSA) is 113 Å². The summed E-state index contributed by atoms with van der Waals surface area (Å²) >= 11 is 0. The van der Waals surface area contributed by atoms with Crippen molar-refractivity contribution in [3.05, 3.63) is 24.3 Å². The summed E-state index contributed by atoms with van der Waals surface area (Å²) in [6.07, 6.45) is 1.07. The monoisotopic (exact) mass is 258 g/mol. The molecule has 1 aromatic rings. The molecule has 1 amide bonds. The minimum atomic E-state index is -3.27. The Morgan fingerprint density at radius 3 is 2.12 bits per heavy atom. The maximum absolute atomic E-state index is 11.1. The van der Waals surface area contributed by atoms with E-state index in [0.29, 0.717) is 5.69 Å². The highest BCUT2D eigenvalue weighted by Crippen LogP contribution is 2.12. The van der Waals surface area contributed by atoms with E-state index in [9.17, 15) is 18.0 Å². The lowest BCUT2D eigenvalue weighted by molar-refractivity contribution is -0.149. The molecule has 1 aromatic carbocycles. The van der Waals surface area contributed by atoms with Crippen molar-refractivity contribution in [2.75, 3.05) is 11.7 Å². The predicted octanol–water partition coefficient (Wildman–Crippen LogP) is -0.382. The van der Waals surface area contributed by atoms with Crippen LogP contribution in [0.2, 0.25) is 0 Å². The molecule has 0 saturated carbocycles. The number of hydrogen-bond donors (Lipinski definition) is 3. The van der Waals surface area contributed by atoms with E-state index in [1.807, 2.05) is 5.43 Å². The van der Waals surface area contributed by atoms with Gasteiger partial charge < -0.3 is 5.11 Å². The number of amides is 1. The molecule has 3 N–H and O–H groups in total. The second kappa shape index (κ2) is 4.83. The fourth-order valence-corrected chi connectivity index (χ4v) is 1.60. The van der Waals surface area contributed by atoms with E-state index in [2.05, 4.69) is 5.43 Å². The third kappa shape index (κ3) is 3.76. The number of anilines is 1. The molecule has 0 aliphatic rings. The van der Waals surface area contributed by atoms with Crippen LogP contribution >= 0.6 is 0 Å². The quantitative estimate of drug-likeness (QED) is 0.503. The molecule has 0 aliphatic heterocycles. The largest absolute Gasteiger partial charge is 0.474 e. The maximum Gasteiger partial charge on any atom is 0.396 e. The molecule has 0 saturated heterocycles. The van der Waals surface area contributed by atoms with Gasteiger partial charge in [0.15, 0.2) is 9.84 Å². The van der Waals surface area contributed by atoms with Gasteiger partial charge >= 0.3 is 11.9 Å². The van der Waals surface area contributed by atoms with Gasteiger partial charge in [-0.25, -0.2) is 13.2 Å². The highest BCUT2D eigenvalue weighted by molar-refractivity contribution is 7.90. The fourth-order valence-electron chi connectivity index (χ4n) is 0.968. The van der Waals surface area contributed by atoms with Gasteiger partial charge in [-0.05, 0) is 24.3 Å². The Morgan fingerprint density at radius 1 is 1.18 bits per heavy atom. The first-order valence-electron chi connectivity index (χ1n) is 4.40. The molecule has 0 spiro atoms. The van der Waals surface area contributed by atoms with Crippen LogP contribution in [0.5, 0.6) is 0 Å². The number of aliphatic carboxylic acids is 1. The van der Waals surface area contributed by atoms with E-state index in [1.54, 1.807) is 0 Å². The highest BCUT2D eigenvalue weighted by atomic mass is 32.2. The Balaban J connectivity index is 2.70. The lowest BCUT2D eigenvalue weighted by atomic mass is 10.3. The second-order valence-corrected chi connectivity index (χ2v) is 5.20.